The van der Waals surface area contributed by atoms with Crippen LogP contribution in [0.25, 0.3) is 0 Å². The van der Waals surface area contributed by atoms with Gasteiger partial charge in [-0.3, -0.25) is 4.79 Å². The third-order valence-corrected chi connectivity index (χ3v) is 1.50. The Morgan fingerprint density at radius 3 is 2.75 bits per heavy atom. The lowest BCUT2D eigenvalue weighted by Crippen LogP contribution is -2.02. The quantitative estimate of drug-likeness (QED) is 0.537. The highest BCUT2D eigenvalue weighted by molar-refractivity contribution is 7.99. The second kappa shape index (κ2) is 4.97. The summed E-state index contributed by atoms with van der Waals surface area (Å²) in [7, 11) is 1.40. The molecule has 0 fully saturated rings. The number of esters is 1. The van der Waals surface area contributed by atoms with Gasteiger partial charge in [-0.25, -0.2) is 0 Å². The van der Waals surface area contributed by atoms with Gasteiger partial charge < -0.3 is 4.74 Å². The smallest absolute Gasteiger partial charge is 0.315 e. The molecule has 0 bridgehead atoms. The summed E-state index contributed by atoms with van der Waals surface area (Å²) >= 11 is 1.57. The molecule has 0 atom stereocenters. The van der Waals surface area contributed by atoms with Crippen molar-refractivity contribution < 1.29 is 9.53 Å². The molecule has 0 aliphatic rings. The lowest BCUT2D eigenvalue weighted by atomic mass is 10.8. The minimum Gasteiger partial charge on any atom is -0.468 e. The molecule has 2 nitrogen and oxygen atoms in total. The van der Waals surface area contributed by atoms with Crippen LogP contribution in [0, 0.1) is 0 Å². The molecule has 0 unspecified atom stereocenters. The molecule has 8 heavy (non-hydrogen) atoms. The summed E-state index contributed by atoms with van der Waals surface area (Å²) in [4.78, 5) is 10.3. The van der Waals surface area contributed by atoms with Crippen LogP contribution in [0.15, 0.2) is 0 Å². The molecular weight excluding hydrogens is 124 g/mol. The van der Waals surface area contributed by atoms with Gasteiger partial charge in [-0.1, -0.05) is 6.92 Å². The monoisotopic (exact) mass is 134 g/mol. The van der Waals surface area contributed by atoms with Crippen molar-refractivity contribution in [1.82, 2.24) is 0 Å². The van der Waals surface area contributed by atoms with Gasteiger partial charge in [0.15, 0.2) is 0 Å². The van der Waals surface area contributed by atoms with Crippen molar-refractivity contribution >= 4 is 17.7 Å². The largest absolute Gasteiger partial charge is 0.468 e. The number of thioether (sulfide) groups is 1. The molecule has 0 saturated heterocycles. The van der Waals surface area contributed by atoms with E-state index in [1.165, 1.54) is 7.11 Å². The fraction of sp³-hybridized carbons (Fsp3) is 0.800. The van der Waals surface area contributed by atoms with E-state index in [2.05, 4.69) is 4.74 Å². The second-order valence-corrected chi connectivity index (χ2v) is 2.49. The molecule has 0 heterocycles. The van der Waals surface area contributed by atoms with E-state index >= 15 is 0 Å². The maximum atomic E-state index is 10.3. The Labute approximate surface area is 53.6 Å². The summed E-state index contributed by atoms with van der Waals surface area (Å²) in [5, 5.41) is 0. The summed E-state index contributed by atoms with van der Waals surface area (Å²) in [6.45, 7) is 2.01. The molecule has 0 N–H and O–H groups in total. The molecule has 0 aromatic rings. The summed E-state index contributed by atoms with van der Waals surface area (Å²) in [6.07, 6.45) is 0. The summed E-state index contributed by atoms with van der Waals surface area (Å²) in [5.74, 6) is 1.30. The molecule has 48 valence electrons. The fourth-order valence-corrected chi connectivity index (χ4v) is 0.733. The number of carbonyl (C=O) groups is 1. The molecule has 0 saturated carbocycles. The highest BCUT2D eigenvalue weighted by Crippen LogP contribution is 1.97. The third kappa shape index (κ3) is 3.99. The Bertz CT molecular complexity index is 72.8. The minimum atomic E-state index is -0.142. The van der Waals surface area contributed by atoms with E-state index in [1.807, 2.05) is 6.92 Å². The third-order valence-electron chi connectivity index (χ3n) is 0.652. The Kier molecular flexibility index (Phi) is 4.85. The molecule has 0 aromatic heterocycles. The van der Waals surface area contributed by atoms with Crippen LogP contribution in [0.5, 0.6) is 0 Å². The van der Waals surface area contributed by atoms with Crippen LogP contribution in [-0.4, -0.2) is 24.6 Å². The zero-order valence-electron chi connectivity index (χ0n) is 5.14. The van der Waals surface area contributed by atoms with Crippen molar-refractivity contribution in [3.63, 3.8) is 0 Å². The van der Waals surface area contributed by atoms with Crippen molar-refractivity contribution in [2.24, 2.45) is 0 Å². The van der Waals surface area contributed by atoms with E-state index in [0.717, 1.165) is 5.75 Å². The van der Waals surface area contributed by atoms with Crippen LogP contribution in [-0.2, 0) is 9.53 Å². The lowest BCUT2D eigenvalue weighted by Gasteiger charge is -1.93. The summed E-state index contributed by atoms with van der Waals surface area (Å²) < 4.78 is 4.39. The average Bonchev–Trinajstić information content (AvgIpc) is 1.83. The lowest BCUT2D eigenvalue weighted by molar-refractivity contribution is -0.137. The number of hydrogen-bond donors (Lipinski definition) is 0. The van der Waals surface area contributed by atoms with Gasteiger partial charge in [0.05, 0.1) is 12.9 Å². The van der Waals surface area contributed by atoms with Crippen LogP contribution in [0.4, 0.5) is 0 Å². The fourth-order valence-electron chi connectivity index (χ4n) is 0.244. The van der Waals surface area contributed by atoms with E-state index < -0.39 is 0 Å². The molecule has 0 spiro atoms. The number of hydrogen-bond acceptors (Lipinski definition) is 3. The molecule has 3 heteroatoms. The van der Waals surface area contributed by atoms with E-state index in [4.69, 9.17) is 0 Å². The van der Waals surface area contributed by atoms with Gasteiger partial charge in [-0.15, -0.1) is 0 Å². The predicted molar refractivity (Wildman–Crippen MR) is 35.0 cm³/mol. The summed E-state index contributed by atoms with van der Waals surface area (Å²) in [6, 6.07) is 0. The highest BCUT2D eigenvalue weighted by Gasteiger charge is 1.95. The minimum absolute atomic E-state index is 0.142. The first kappa shape index (κ1) is 7.82. The van der Waals surface area contributed by atoms with E-state index in [-0.39, 0.29) is 5.97 Å². The van der Waals surface area contributed by atoms with Crippen molar-refractivity contribution in [2.75, 3.05) is 18.6 Å². The second-order valence-electron chi connectivity index (χ2n) is 1.21. The molecule has 0 amide bonds. The Hall–Kier alpha value is -0.180. The molecule has 0 aliphatic carbocycles. The van der Waals surface area contributed by atoms with Gasteiger partial charge in [-0.05, 0) is 5.75 Å². The molecule has 0 radical (unpaired) electrons. The van der Waals surface area contributed by atoms with Crippen molar-refractivity contribution in [1.29, 1.82) is 0 Å². The number of rotatable bonds is 3. The van der Waals surface area contributed by atoms with E-state index in [9.17, 15) is 4.79 Å². The Balaban J connectivity index is 2.99. The molecular formula is C5H10O2S. The van der Waals surface area contributed by atoms with Gasteiger partial charge >= 0.3 is 5.97 Å². The van der Waals surface area contributed by atoms with Gasteiger partial charge in [0.1, 0.15) is 0 Å². The molecule has 0 rings (SSSR count). The summed E-state index contributed by atoms with van der Waals surface area (Å²) in [5.41, 5.74) is 0. The predicted octanol–water partition coefficient (Wildman–Crippen LogP) is 0.912. The maximum Gasteiger partial charge on any atom is 0.315 e. The Morgan fingerprint density at radius 2 is 2.38 bits per heavy atom. The normalized spacial score (nSPS) is 8.75. The van der Waals surface area contributed by atoms with Crippen LogP contribution in [0.3, 0.4) is 0 Å². The van der Waals surface area contributed by atoms with E-state index in [1.54, 1.807) is 11.8 Å². The van der Waals surface area contributed by atoms with E-state index in [0.29, 0.717) is 5.75 Å². The SMILES string of the molecule is CCSCC(=O)OC. The number of methoxy groups -OCH3 is 1. The van der Waals surface area contributed by atoms with Crippen LogP contribution in [0.1, 0.15) is 6.92 Å². The standard InChI is InChI=1S/C5H10O2S/c1-3-8-4-5(6)7-2/h3-4H2,1-2H3. The van der Waals surface area contributed by atoms with Crippen molar-refractivity contribution in [2.45, 2.75) is 6.92 Å². The molecule has 0 aromatic carbocycles. The van der Waals surface area contributed by atoms with Gasteiger partial charge in [-0.2, -0.15) is 11.8 Å². The van der Waals surface area contributed by atoms with Crippen LogP contribution < -0.4 is 0 Å². The Morgan fingerprint density at radius 1 is 1.75 bits per heavy atom. The maximum absolute atomic E-state index is 10.3. The number of carbonyl (C=O) groups excluding carboxylic acids is 1. The van der Waals surface area contributed by atoms with Gasteiger partial charge in [0, 0.05) is 0 Å². The first-order valence-electron chi connectivity index (χ1n) is 2.45. The van der Waals surface area contributed by atoms with Crippen molar-refractivity contribution in [3.05, 3.63) is 0 Å². The average molecular weight is 134 g/mol. The molecule has 0 aliphatic heterocycles. The highest BCUT2D eigenvalue weighted by atomic mass is 32.2. The first-order chi connectivity index (χ1) is 3.81. The van der Waals surface area contributed by atoms with Gasteiger partial charge in [0.25, 0.3) is 0 Å². The first-order valence-corrected chi connectivity index (χ1v) is 3.61. The zero-order chi connectivity index (χ0) is 6.41. The van der Waals surface area contributed by atoms with Gasteiger partial charge in [0.2, 0.25) is 0 Å². The topological polar surface area (TPSA) is 26.3 Å². The zero-order valence-corrected chi connectivity index (χ0v) is 5.96. The number of ether oxygens (including phenoxy) is 1. The van der Waals surface area contributed by atoms with Crippen LogP contribution >= 0.6 is 11.8 Å². The van der Waals surface area contributed by atoms with Crippen LogP contribution in [0.2, 0.25) is 0 Å². The van der Waals surface area contributed by atoms with Crippen molar-refractivity contribution in [3.8, 4) is 0 Å².